The van der Waals surface area contributed by atoms with Crippen molar-refractivity contribution in [2.24, 2.45) is 5.41 Å². The minimum Gasteiger partial charge on any atom is -0.448 e. The minimum absolute atomic E-state index is 0.0559. The molecule has 0 radical (unpaired) electrons. The van der Waals surface area contributed by atoms with Gasteiger partial charge in [-0.15, -0.1) is 0 Å². The second kappa shape index (κ2) is 7.42. The summed E-state index contributed by atoms with van der Waals surface area (Å²) in [4.78, 5) is 11.9. The van der Waals surface area contributed by atoms with Crippen molar-refractivity contribution in [3.05, 3.63) is 35.9 Å². The number of ether oxygens (including phenoxy) is 1. The van der Waals surface area contributed by atoms with Crippen molar-refractivity contribution in [3.8, 4) is 6.07 Å². The lowest BCUT2D eigenvalue weighted by atomic mass is 9.99. The molecule has 1 atom stereocenters. The van der Waals surface area contributed by atoms with Gasteiger partial charge in [-0.1, -0.05) is 55.0 Å². The third-order valence-electron chi connectivity index (χ3n) is 2.80. The standard InChI is InChI=1S/C15H19FN2O4S/c1-15(2,3)11-22-14(19)18(23(16,20)21)10-13(9-17)12-7-5-4-6-8-12/h4-8,13H,10-11H2,1-3H3. The first kappa shape index (κ1) is 18.9. The maximum Gasteiger partial charge on any atom is 0.425 e. The minimum atomic E-state index is -5.34. The van der Waals surface area contributed by atoms with Gasteiger partial charge < -0.3 is 4.74 Å². The van der Waals surface area contributed by atoms with E-state index in [1.165, 1.54) is 0 Å². The molecule has 0 aromatic heterocycles. The van der Waals surface area contributed by atoms with Gasteiger partial charge in [-0.25, -0.2) is 4.79 Å². The number of nitriles is 1. The number of halogens is 1. The van der Waals surface area contributed by atoms with Crippen LogP contribution < -0.4 is 0 Å². The molecule has 0 spiro atoms. The van der Waals surface area contributed by atoms with Crippen LogP contribution in [0.5, 0.6) is 0 Å². The highest BCUT2D eigenvalue weighted by atomic mass is 32.3. The molecule has 0 heterocycles. The second-order valence-electron chi connectivity index (χ2n) is 6.18. The Morgan fingerprint density at radius 3 is 2.35 bits per heavy atom. The van der Waals surface area contributed by atoms with Crippen LogP contribution in [0, 0.1) is 16.7 Å². The number of hydrogen-bond acceptors (Lipinski definition) is 5. The van der Waals surface area contributed by atoms with Gasteiger partial charge in [-0.3, -0.25) is 0 Å². The van der Waals surface area contributed by atoms with Crippen LogP contribution in [-0.4, -0.2) is 32.0 Å². The highest BCUT2D eigenvalue weighted by Gasteiger charge is 2.32. The average molecular weight is 342 g/mol. The lowest BCUT2D eigenvalue weighted by molar-refractivity contribution is 0.0887. The van der Waals surface area contributed by atoms with Gasteiger partial charge in [-0.05, 0) is 11.0 Å². The van der Waals surface area contributed by atoms with Crippen LogP contribution in [0.25, 0.3) is 0 Å². The summed E-state index contributed by atoms with van der Waals surface area (Å²) in [5.74, 6) is -0.996. The number of rotatable bonds is 5. The van der Waals surface area contributed by atoms with Crippen LogP contribution in [-0.2, 0) is 15.1 Å². The normalized spacial score (nSPS) is 13.0. The third kappa shape index (κ3) is 6.24. The Balaban J connectivity index is 2.95. The predicted molar refractivity (Wildman–Crippen MR) is 82.3 cm³/mol. The van der Waals surface area contributed by atoms with E-state index in [4.69, 9.17) is 4.74 Å². The van der Waals surface area contributed by atoms with E-state index in [1.807, 2.05) is 6.07 Å². The molecule has 1 aromatic carbocycles. The summed E-state index contributed by atoms with van der Waals surface area (Å²) >= 11 is 0. The van der Waals surface area contributed by atoms with Gasteiger partial charge in [0.2, 0.25) is 0 Å². The van der Waals surface area contributed by atoms with Gasteiger partial charge in [0.1, 0.15) is 0 Å². The Morgan fingerprint density at radius 2 is 1.91 bits per heavy atom. The molecule has 0 N–H and O–H groups in total. The molecule has 23 heavy (non-hydrogen) atoms. The summed E-state index contributed by atoms with van der Waals surface area (Å²) in [6.45, 7) is 4.59. The Morgan fingerprint density at radius 1 is 1.35 bits per heavy atom. The molecule has 0 bridgehead atoms. The first-order valence-electron chi connectivity index (χ1n) is 6.88. The molecule has 6 nitrogen and oxygen atoms in total. The number of benzene rings is 1. The maximum atomic E-state index is 13.4. The fourth-order valence-electron chi connectivity index (χ4n) is 1.67. The van der Waals surface area contributed by atoms with Gasteiger partial charge in [0, 0.05) is 0 Å². The summed E-state index contributed by atoms with van der Waals surface area (Å²) in [6.07, 6.45) is -1.33. The zero-order chi connectivity index (χ0) is 17.7. The van der Waals surface area contributed by atoms with Crippen LogP contribution in [0.1, 0.15) is 32.3 Å². The first-order valence-corrected chi connectivity index (χ1v) is 8.22. The van der Waals surface area contributed by atoms with Gasteiger partial charge in [0.25, 0.3) is 0 Å². The number of carbonyl (C=O) groups is 1. The van der Waals surface area contributed by atoms with E-state index in [1.54, 1.807) is 51.1 Å². The van der Waals surface area contributed by atoms with Crippen molar-refractivity contribution < 1.29 is 21.8 Å². The molecule has 0 fully saturated rings. The Kier molecular flexibility index (Phi) is 6.10. The molecule has 1 aromatic rings. The summed E-state index contributed by atoms with van der Waals surface area (Å²) in [6, 6.07) is 10.1. The maximum absolute atomic E-state index is 13.4. The Labute approximate surface area is 135 Å². The topological polar surface area (TPSA) is 87.5 Å². The van der Waals surface area contributed by atoms with Gasteiger partial charge >= 0.3 is 16.5 Å². The average Bonchev–Trinajstić information content (AvgIpc) is 2.45. The van der Waals surface area contributed by atoms with E-state index >= 15 is 0 Å². The fraction of sp³-hybridized carbons (Fsp3) is 0.467. The lowest BCUT2D eigenvalue weighted by Crippen LogP contribution is -2.39. The van der Waals surface area contributed by atoms with E-state index in [2.05, 4.69) is 0 Å². The van der Waals surface area contributed by atoms with E-state index in [0.29, 0.717) is 5.56 Å². The molecule has 1 amide bonds. The lowest BCUT2D eigenvalue weighted by Gasteiger charge is -2.23. The largest absolute Gasteiger partial charge is 0.448 e. The van der Waals surface area contributed by atoms with Crippen molar-refractivity contribution in [2.75, 3.05) is 13.2 Å². The molecular formula is C15H19FN2O4S. The number of nitrogens with zero attached hydrogens (tertiary/aromatic N) is 2. The molecule has 8 heteroatoms. The molecule has 1 unspecified atom stereocenters. The SMILES string of the molecule is CC(C)(C)COC(=O)N(CC(C#N)c1ccccc1)S(=O)(=O)F. The summed E-state index contributed by atoms with van der Waals surface area (Å²) in [7, 11) is -5.34. The quantitative estimate of drug-likeness (QED) is 0.768. The zero-order valence-corrected chi connectivity index (χ0v) is 14.0. The van der Waals surface area contributed by atoms with Crippen molar-refractivity contribution in [2.45, 2.75) is 26.7 Å². The molecule has 0 aliphatic carbocycles. The molecule has 0 saturated heterocycles. The highest BCUT2D eigenvalue weighted by Crippen LogP contribution is 2.20. The Hall–Kier alpha value is -2.14. The molecule has 126 valence electrons. The summed E-state index contributed by atoms with van der Waals surface area (Å²) in [5, 5.41) is 9.19. The zero-order valence-electron chi connectivity index (χ0n) is 13.2. The number of carbonyl (C=O) groups excluding carboxylic acids is 1. The van der Waals surface area contributed by atoms with Crippen molar-refractivity contribution in [3.63, 3.8) is 0 Å². The van der Waals surface area contributed by atoms with E-state index in [-0.39, 0.29) is 10.9 Å². The van der Waals surface area contributed by atoms with Crippen LogP contribution in [0.2, 0.25) is 0 Å². The molecule has 1 rings (SSSR count). The third-order valence-corrected chi connectivity index (χ3v) is 3.63. The Bertz CT molecular complexity index is 678. The van der Waals surface area contributed by atoms with Crippen LogP contribution in [0.4, 0.5) is 8.68 Å². The van der Waals surface area contributed by atoms with Gasteiger partial charge in [0.05, 0.1) is 25.1 Å². The summed E-state index contributed by atoms with van der Waals surface area (Å²) < 4.78 is 40.7. The molecule has 0 aliphatic rings. The number of hydrogen-bond donors (Lipinski definition) is 0. The highest BCUT2D eigenvalue weighted by molar-refractivity contribution is 7.84. The monoisotopic (exact) mass is 342 g/mol. The fourth-order valence-corrected chi connectivity index (χ4v) is 2.23. The van der Waals surface area contributed by atoms with Crippen molar-refractivity contribution >= 4 is 16.5 Å². The van der Waals surface area contributed by atoms with Crippen LogP contribution in [0.3, 0.4) is 0 Å². The van der Waals surface area contributed by atoms with E-state index in [9.17, 15) is 22.4 Å². The number of amides is 1. The van der Waals surface area contributed by atoms with Gasteiger partial charge in [0.15, 0.2) is 0 Å². The summed E-state index contributed by atoms with van der Waals surface area (Å²) in [5.41, 5.74) is 0.0717. The molecule has 0 saturated carbocycles. The van der Waals surface area contributed by atoms with Gasteiger partial charge in [-0.2, -0.15) is 18.0 Å². The van der Waals surface area contributed by atoms with E-state index < -0.39 is 34.4 Å². The molecule has 0 aliphatic heterocycles. The predicted octanol–water partition coefficient (Wildman–Crippen LogP) is 2.99. The van der Waals surface area contributed by atoms with Crippen molar-refractivity contribution in [1.29, 1.82) is 5.26 Å². The first-order chi connectivity index (χ1) is 10.5. The van der Waals surface area contributed by atoms with Crippen LogP contribution >= 0.6 is 0 Å². The second-order valence-corrected chi connectivity index (χ2v) is 7.45. The smallest absolute Gasteiger partial charge is 0.425 e. The van der Waals surface area contributed by atoms with Crippen LogP contribution in [0.15, 0.2) is 30.3 Å². The van der Waals surface area contributed by atoms with Crippen molar-refractivity contribution in [1.82, 2.24) is 4.31 Å². The molecular weight excluding hydrogens is 323 g/mol. The van der Waals surface area contributed by atoms with E-state index in [0.717, 1.165) is 0 Å².